The molecule has 3 heterocycles. The van der Waals surface area contributed by atoms with Gasteiger partial charge in [-0.15, -0.1) is 0 Å². The van der Waals surface area contributed by atoms with Crippen LogP contribution in [-0.2, 0) is 0 Å². The van der Waals surface area contributed by atoms with Gasteiger partial charge in [0.25, 0.3) is 0 Å². The van der Waals surface area contributed by atoms with Crippen LogP contribution in [0.2, 0.25) is 0 Å². The second kappa shape index (κ2) is 7.28. The summed E-state index contributed by atoms with van der Waals surface area (Å²) in [7, 11) is 0. The van der Waals surface area contributed by atoms with Crippen molar-refractivity contribution in [3.05, 3.63) is 54.7 Å². The van der Waals surface area contributed by atoms with E-state index in [1.165, 1.54) is 49.7 Å². The van der Waals surface area contributed by atoms with Gasteiger partial charge in [-0.25, -0.2) is 9.97 Å². The highest BCUT2D eigenvalue weighted by atomic mass is 15.3. The van der Waals surface area contributed by atoms with E-state index in [1.807, 2.05) is 12.3 Å². The average Bonchev–Trinajstić information content (AvgIpc) is 3.40. The van der Waals surface area contributed by atoms with E-state index in [4.69, 9.17) is 4.98 Å². The second-order valence-corrected chi connectivity index (χ2v) is 7.91. The molecule has 0 amide bonds. The summed E-state index contributed by atoms with van der Waals surface area (Å²) in [6, 6.07) is 17.1. The highest BCUT2D eigenvalue weighted by Crippen LogP contribution is 2.27. The Balaban J connectivity index is 1.34. The molecule has 2 aromatic carbocycles. The van der Waals surface area contributed by atoms with Gasteiger partial charge in [-0.05, 0) is 61.2 Å². The summed E-state index contributed by atoms with van der Waals surface area (Å²) in [5, 5.41) is 2.52. The van der Waals surface area contributed by atoms with E-state index in [9.17, 15) is 0 Å². The van der Waals surface area contributed by atoms with Crippen molar-refractivity contribution in [2.75, 3.05) is 37.6 Å². The molecule has 2 saturated heterocycles. The summed E-state index contributed by atoms with van der Waals surface area (Å²) < 4.78 is 0. The highest BCUT2D eigenvalue weighted by Gasteiger charge is 2.27. The fourth-order valence-corrected chi connectivity index (χ4v) is 4.50. The van der Waals surface area contributed by atoms with Crippen molar-refractivity contribution in [2.24, 2.45) is 5.92 Å². The Morgan fingerprint density at radius 2 is 1.78 bits per heavy atom. The molecule has 3 aromatic rings. The van der Waals surface area contributed by atoms with E-state index in [0.717, 1.165) is 36.2 Å². The third-order valence-corrected chi connectivity index (χ3v) is 5.97. The van der Waals surface area contributed by atoms with Gasteiger partial charge >= 0.3 is 0 Å². The van der Waals surface area contributed by atoms with E-state index < -0.39 is 0 Å². The minimum absolute atomic E-state index is 0.746. The van der Waals surface area contributed by atoms with Gasteiger partial charge in [0.1, 0.15) is 0 Å². The van der Waals surface area contributed by atoms with Crippen molar-refractivity contribution >= 4 is 16.7 Å². The molecule has 0 saturated carbocycles. The molecule has 1 unspecified atom stereocenters. The molecule has 1 atom stereocenters. The molecule has 1 aromatic heterocycles. The summed E-state index contributed by atoms with van der Waals surface area (Å²) in [5.41, 5.74) is 2.17. The standard InChI is InChI=1S/C23H26N4/c1-2-6-20-15-21(8-7-19(20)5-1)22-9-11-24-23(25-22)27-14-10-18(17-27)16-26-12-3-4-13-26/h1-2,5-9,11,15,18H,3-4,10,12-14,16-17H2. The van der Waals surface area contributed by atoms with Gasteiger partial charge < -0.3 is 9.80 Å². The summed E-state index contributed by atoms with van der Waals surface area (Å²) >= 11 is 0. The van der Waals surface area contributed by atoms with Crippen molar-refractivity contribution in [3.63, 3.8) is 0 Å². The first-order chi connectivity index (χ1) is 13.3. The van der Waals surface area contributed by atoms with Crippen LogP contribution < -0.4 is 4.90 Å². The zero-order valence-electron chi connectivity index (χ0n) is 15.7. The smallest absolute Gasteiger partial charge is 0.225 e. The summed E-state index contributed by atoms with van der Waals surface area (Å²) in [6.07, 6.45) is 5.89. The van der Waals surface area contributed by atoms with Crippen molar-refractivity contribution < 1.29 is 0 Å². The predicted octanol–water partition coefficient (Wildman–Crippen LogP) is 4.22. The topological polar surface area (TPSA) is 32.3 Å². The number of rotatable bonds is 4. The molecular weight excluding hydrogens is 332 g/mol. The van der Waals surface area contributed by atoms with Crippen LogP contribution in [0.3, 0.4) is 0 Å². The number of hydrogen-bond acceptors (Lipinski definition) is 4. The SMILES string of the molecule is c1ccc2cc(-c3ccnc(N4CCC(CN5CCCC5)C4)n3)ccc2c1. The van der Waals surface area contributed by atoms with Crippen LogP contribution in [-0.4, -0.2) is 47.6 Å². The molecule has 0 N–H and O–H groups in total. The van der Waals surface area contributed by atoms with Crippen molar-refractivity contribution in [1.82, 2.24) is 14.9 Å². The van der Waals surface area contributed by atoms with Crippen LogP contribution in [0.5, 0.6) is 0 Å². The van der Waals surface area contributed by atoms with Gasteiger partial charge in [0.15, 0.2) is 0 Å². The third-order valence-electron chi connectivity index (χ3n) is 5.97. The third kappa shape index (κ3) is 3.54. The molecule has 2 aliphatic rings. The maximum atomic E-state index is 4.90. The van der Waals surface area contributed by atoms with Gasteiger partial charge in [-0.1, -0.05) is 36.4 Å². The van der Waals surface area contributed by atoms with Crippen LogP contribution in [0, 0.1) is 5.92 Å². The lowest BCUT2D eigenvalue weighted by molar-refractivity contribution is 0.289. The fraction of sp³-hybridized carbons (Fsp3) is 0.391. The van der Waals surface area contributed by atoms with E-state index in [2.05, 4.69) is 57.2 Å². The molecule has 27 heavy (non-hydrogen) atoms. The van der Waals surface area contributed by atoms with Crippen LogP contribution in [0.1, 0.15) is 19.3 Å². The minimum atomic E-state index is 0.746. The Hall–Kier alpha value is -2.46. The van der Waals surface area contributed by atoms with Crippen molar-refractivity contribution in [1.29, 1.82) is 0 Å². The van der Waals surface area contributed by atoms with Crippen LogP contribution in [0.25, 0.3) is 22.0 Å². The number of nitrogens with zero attached hydrogens (tertiary/aromatic N) is 4. The lowest BCUT2D eigenvalue weighted by Gasteiger charge is -2.20. The highest BCUT2D eigenvalue weighted by molar-refractivity contribution is 5.86. The molecular formula is C23H26N4. The first-order valence-electron chi connectivity index (χ1n) is 10.1. The maximum Gasteiger partial charge on any atom is 0.225 e. The largest absolute Gasteiger partial charge is 0.340 e. The molecule has 0 spiro atoms. The molecule has 4 heteroatoms. The first-order valence-corrected chi connectivity index (χ1v) is 10.1. The van der Waals surface area contributed by atoms with Crippen LogP contribution in [0.4, 0.5) is 5.95 Å². The Kier molecular flexibility index (Phi) is 4.50. The maximum absolute atomic E-state index is 4.90. The Morgan fingerprint density at radius 3 is 2.67 bits per heavy atom. The summed E-state index contributed by atoms with van der Waals surface area (Å²) in [6.45, 7) is 5.95. The van der Waals surface area contributed by atoms with Crippen LogP contribution >= 0.6 is 0 Å². The van der Waals surface area contributed by atoms with Gasteiger partial charge in [-0.3, -0.25) is 0 Å². The molecule has 2 aliphatic heterocycles. The van der Waals surface area contributed by atoms with Crippen molar-refractivity contribution in [2.45, 2.75) is 19.3 Å². The quantitative estimate of drug-likeness (QED) is 0.699. The Bertz CT molecular complexity index is 932. The molecule has 2 fully saturated rings. The van der Waals surface area contributed by atoms with E-state index in [1.54, 1.807) is 0 Å². The molecule has 0 bridgehead atoms. The summed E-state index contributed by atoms with van der Waals surface area (Å²) in [5.74, 6) is 1.63. The minimum Gasteiger partial charge on any atom is -0.340 e. The number of fused-ring (bicyclic) bond motifs is 1. The van der Waals surface area contributed by atoms with Crippen molar-refractivity contribution in [3.8, 4) is 11.3 Å². The lowest BCUT2D eigenvalue weighted by atomic mass is 10.1. The zero-order valence-corrected chi connectivity index (χ0v) is 15.7. The lowest BCUT2D eigenvalue weighted by Crippen LogP contribution is -2.29. The number of benzene rings is 2. The molecule has 0 aliphatic carbocycles. The van der Waals surface area contributed by atoms with E-state index >= 15 is 0 Å². The number of likely N-dealkylation sites (tertiary alicyclic amines) is 1. The zero-order chi connectivity index (χ0) is 18.1. The monoisotopic (exact) mass is 358 g/mol. The van der Waals surface area contributed by atoms with Gasteiger partial charge in [-0.2, -0.15) is 0 Å². The van der Waals surface area contributed by atoms with Gasteiger partial charge in [0.2, 0.25) is 5.95 Å². The molecule has 138 valence electrons. The number of aromatic nitrogens is 2. The second-order valence-electron chi connectivity index (χ2n) is 7.91. The number of hydrogen-bond donors (Lipinski definition) is 0. The first kappa shape index (κ1) is 16.7. The van der Waals surface area contributed by atoms with Gasteiger partial charge in [0.05, 0.1) is 5.69 Å². The Morgan fingerprint density at radius 1 is 0.926 bits per heavy atom. The average molecular weight is 358 g/mol. The van der Waals surface area contributed by atoms with Gasteiger partial charge in [0, 0.05) is 31.4 Å². The summed E-state index contributed by atoms with van der Waals surface area (Å²) in [4.78, 5) is 14.5. The fourth-order valence-electron chi connectivity index (χ4n) is 4.50. The molecule has 4 nitrogen and oxygen atoms in total. The Labute approximate surface area is 160 Å². The molecule has 0 radical (unpaired) electrons. The van der Waals surface area contributed by atoms with E-state index in [-0.39, 0.29) is 0 Å². The normalized spacial score (nSPS) is 20.6. The molecule has 5 rings (SSSR count). The predicted molar refractivity (Wildman–Crippen MR) is 111 cm³/mol. The van der Waals surface area contributed by atoms with Crippen LogP contribution in [0.15, 0.2) is 54.7 Å². The number of anilines is 1. The van der Waals surface area contributed by atoms with E-state index in [0.29, 0.717) is 0 Å².